The summed E-state index contributed by atoms with van der Waals surface area (Å²) in [6.45, 7) is 1.71. The van der Waals surface area contributed by atoms with Gasteiger partial charge in [-0.25, -0.2) is 0 Å². The molecule has 0 fully saturated rings. The topological polar surface area (TPSA) is 60.4 Å². The summed E-state index contributed by atoms with van der Waals surface area (Å²) >= 11 is 0. The highest BCUT2D eigenvalue weighted by molar-refractivity contribution is 6.29. The van der Waals surface area contributed by atoms with Gasteiger partial charge in [-0.05, 0) is 13.0 Å². The average Bonchev–Trinajstić information content (AvgIpc) is 2.43. The van der Waals surface area contributed by atoms with Crippen LogP contribution in [0.1, 0.15) is 27.6 Å². The zero-order chi connectivity index (χ0) is 13.6. The SMILES string of the molecule is CC1C=C(C=O)C2=C(O1)C(=O)c1ccccc1C2=O. The van der Waals surface area contributed by atoms with Crippen molar-refractivity contribution in [2.24, 2.45) is 0 Å². The molecule has 1 heterocycles. The lowest BCUT2D eigenvalue weighted by Crippen LogP contribution is -2.29. The van der Waals surface area contributed by atoms with Crippen LogP contribution < -0.4 is 0 Å². The smallest absolute Gasteiger partial charge is 0.229 e. The number of Topliss-reactive ketones (excluding diaryl/α,β-unsaturated/α-hetero) is 2. The van der Waals surface area contributed by atoms with Crippen LogP contribution >= 0.6 is 0 Å². The van der Waals surface area contributed by atoms with Crippen LogP contribution in [0.15, 0.2) is 47.2 Å². The number of benzene rings is 1. The lowest BCUT2D eigenvalue weighted by Gasteiger charge is -2.26. The fourth-order valence-electron chi connectivity index (χ4n) is 2.38. The summed E-state index contributed by atoms with van der Waals surface area (Å²) in [6.07, 6.45) is 1.74. The minimum atomic E-state index is -0.402. The second-order valence-electron chi connectivity index (χ2n) is 4.47. The fourth-order valence-corrected chi connectivity index (χ4v) is 2.38. The van der Waals surface area contributed by atoms with Gasteiger partial charge in [0.2, 0.25) is 5.78 Å². The number of allylic oxidation sites excluding steroid dienone is 3. The zero-order valence-corrected chi connectivity index (χ0v) is 10.2. The average molecular weight is 254 g/mol. The molecule has 2 aliphatic rings. The molecular weight excluding hydrogens is 244 g/mol. The van der Waals surface area contributed by atoms with Crippen molar-refractivity contribution >= 4 is 17.9 Å². The van der Waals surface area contributed by atoms with E-state index in [1.54, 1.807) is 37.3 Å². The first-order valence-electron chi connectivity index (χ1n) is 5.90. The molecule has 0 aromatic heterocycles. The van der Waals surface area contributed by atoms with E-state index in [4.69, 9.17) is 4.74 Å². The Labute approximate surface area is 109 Å². The predicted molar refractivity (Wildman–Crippen MR) is 66.8 cm³/mol. The number of carbonyl (C=O) groups excluding carboxylic acids is 3. The van der Waals surface area contributed by atoms with Gasteiger partial charge < -0.3 is 4.74 Å². The third-order valence-electron chi connectivity index (χ3n) is 3.21. The molecule has 0 spiro atoms. The molecule has 0 amide bonds. The molecule has 1 aromatic rings. The van der Waals surface area contributed by atoms with Gasteiger partial charge in [-0.3, -0.25) is 14.4 Å². The second kappa shape index (κ2) is 4.02. The molecule has 94 valence electrons. The number of ether oxygens (including phenoxy) is 1. The zero-order valence-electron chi connectivity index (χ0n) is 10.2. The Balaban J connectivity index is 2.26. The first-order valence-corrected chi connectivity index (χ1v) is 5.90. The van der Waals surface area contributed by atoms with E-state index >= 15 is 0 Å². The van der Waals surface area contributed by atoms with Crippen molar-refractivity contribution < 1.29 is 19.1 Å². The molecule has 1 unspecified atom stereocenters. The molecule has 0 N–H and O–H groups in total. The molecule has 1 aliphatic heterocycles. The highest BCUT2D eigenvalue weighted by atomic mass is 16.5. The van der Waals surface area contributed by atoms with Crippen LogP contribution in [0.5, 0.6) is 0 Å². The number of hydrogen-bond acceptors (Lipinski definition) is 4. The van der Waals surface area contributed by atoms with Crippen LogP contribution in [0.3, 0.4) is 0 Å². The van der Waals surface area contributed by atoms with E-state index in [1.807, 2.05) is 0 Å². The molecule has 1 aromatic carbocycles. The molecular formula is C15H10O4. The lowest BCUT2D eigenvalue weighted by atomic mass is 9.83. The number of fused-ring (bicyclic) bond motifs is 1. The van der Waals surface area contributed by atoms with Gasteiger partial charge in [0.15, 0.2) is 17.8 Å². The number of rotatable bonds is 1. The molecule has 1 aliphatic carbocycles. The molecule has 1 atom stereocenters. The summed E-state index contributed by atoms with van der Waals surface area (Å²) < 4.78 is 5.44. The largest absolute Gasteiger partial charge is 0.482 e. The van der Waals surface area contributed by atoms with Crippen molar-refractivity contribution in [3.8, 4) is 0 Å². The van der Waals surface area contributed by atoms with Crippen LogP contribution in [0, 0.1) is 0 Å². The maximum atomic E-state index is 12.4. The van der Waals surface area contributed by atoms with Crippen LogP contribution in [-0.4, -0.2) is 24.0 Å². The van der Waals surface area contributed by atoms with Gasteiger partial charge in [0, 0.05) is 16.7 Å². The van der Waals surface area contributed by atoms with Gasteiger partial charge in [0.1, 0.15) is 6.10 Å². The Hall–Kier alpha value is -2.49. The van der Waals surface area contributed by atoms with E-state index in [0.717, 1.165) is 0 Å². The highest BCUT2D eigenvalue weighted by Crippen LogP contribution is 2.33. The van der Waals surface area contributed by atoms with Crippen molar-refractivity contribution in [2.75, 3.05) is 0 Å². The quantitative estimate of drug-likeness (QED) is 0.718. The van der Waals surface area contributed by atoms with E-state index in [9.17, 15) is 14.4 Å². The summed E-state index contributed by atoms with van der Waals surface area (Å²) in [7, 11) is 0. The Morgan fingerprint density at radius 2 is 1.74 bits per heavy atom. The molecule has 3 rings (SSSR count). The minimum Gasteiger partial charge on any atom is -0.482 e. The van der Waals surface area contributed by atoms with Crippen molar-refractivity contribution in [3.05, 3.63) is 58.4 Å². The Morgan fingerprint density at radius 3 is 2.37 bits per heavy atom. The van der Waals surface area contributed by atoms with Crippen LogP contribution in [0.4, 0.5) is 0 Å². The van der Waals surface area contributed by atoms with Gasteiger partial charge >= 0.3 is 0 Å². The molecule has 0 bridgehead atoms. The van der Waals surface area contributed by atoms with Crippen molar-refractivity contribution in [3.63, 3.8) is 0 Å². The van der Waals surface area contributed by atoms with E-state index in [-0.39, 0.29) is 28.5 Å². The minimum absolute atomic E-state index is 0.0131. The Morgan fingerprint density at radius 1 is 1.11 bits per heavy atom. The van der Waals surface area contributed by atoms with Crippen molar-refractivity contribution in [1.82, 2.24) is 0 Å². The second-order valence-corrected chi connectivity index (χ2v) is 4.47. The van der Waals surface area contributed by atoms with E-state index in [2.05, 4.69) is 0 Å². The third-order valence-corrected chi connectivity index (χ3v) is 3.21. The van der Waals surface area contributed by atoms with E-state index in [0.29, 0.717) is 17.4 Å². The molecule has 4 heteroatoms. The first-order chi connectivity index (χ1) is 9.13. The molecule has 4 nitrogen and oxygen atoms in total. The first kappa shape index (κ1) is 11.6. The maximum Gasteiger partial charge on any atom is 0.229 e. The predicted octanol–water partition coefficient (Wildman–Crippen LogP) is 1.86. The Kier molecular flexibility index (Phi) is 2.45. The van der Waals surface area contributed by atoms with Crippen LogP contribution in [0.25, 0.3) is 0 Å². The summed E-state index contributed by atoms with van der Waals surface area (Å²) in [5.41, 5.74) is 0.946. The lowest BCUT2D eigenvalue weighted by molar-refractivity contribution is -0.104. The molecule has 0 saturated carbocycles. The highest BCUT2D eigenvalue weighted by Gasteiger charge is 2.37. The number of hydrogen-bond donors (Lipinski definition) is 0. The van der Waals surface area contributed by atoms with E-state index < -0.39 is 6.10 Å². The third kappa shape index (κ3) is 1.57. The number of aldehydes is 1. The number of carbonyl (C=O) groups is 3. The normalized spacial score (nSPS) is 21.3. The molecule has 19 heavy (non-hydrogen) atoms. The summed E-state index contributed by atoms with van der Waals surface area (Å²) in [6, 6.07) is 6.55. The maximum absolute atomic E-state index is 12.4. The summed E-state index contributed by atoms with van der Waals surface area (Å²) in [5, 5.41) is 0. The van der Waals surface area contributed by atoms with Gasteiger partial charge in [-0.1, -0.05) is 24.3 Å². The monoisotopic (exact) mass is 254 g/mol. The van der Waals surface area contributed by atoms with Crippen LogP contribution in [0.2, 0.25) is 0 Å². The van der Waals surface area contributed by atoms with Gasteiger partial charge in [0.25, 0.3) is 0 Å². The van der Waals surface area contributed by atoms with Crippen molar-refractivity contribution in [1.29, 1.82) is 0 Å². The fraction of sp³-hybridized carbons (Fsp3) is 0.133. The van der Waals surface area contributed by atoms with Gasteiger partial charge in [-0.15, -0.1) is 0 Å². The van der Waals surface area contributed by atoms with Gasteiger partial charge in [0.05, 0.1) is 5.57 Å². The van der Waals surface area contributed by atoms with Crippen LogP contribution in [-0.2, 0) is 9.53 Å². The van der Waals surface area contributed by atoms with Gasteiger partial charge in [-0.2, -0.15) is 0 Å². The summed E-state index contributed by atoms with van der Waals surface area (Å²) in [4.78, 5) is 35.8. The van der Waals surface area contributed by atoms with Crippen molar-refractivity contribution in [2.45, 2.75) is 13.0 Å². The van der Waals surface area contributed by atoms with E-state index in [1.165, 1.54) is 0 Å². The molecule has 0 saturated heterocycles. The summed E-state index contributed by atoms with van der Waals surface area (Å²) in [5.74, 6) is -0.694. The number of ketones is 2. The standard InChI is InChI=1S/C15H10O4/c1-8-6-9(7-16)12-13(17)10-4-2-3-5-11(10)14(18)15(12)19-8/h2-8H,1H3. The molecule has 0 radical (unpaired) electrons. The Bertz CT molecular complexity index is 679.